The third-order valence-corrected chi connectivity index (χ3v) is 2.95. The second kappa shape index (κ2) is 4.26. The Kier molecular flexibility index (Phi) is 2.58. The lowest BCUT2D eigenvalue weighted by Crippen LogP contribution is -1.85. The number of halogens is 1. The van der Waals surface area contributed by atoms with Crippen molar-refractivity contribution in [2.75, 3.05) is 5.73 Å². The van der Waals surface area contributed by atoms with Crippen molar-refractivity contribution in [3.8, 4) is 17.7 Å². The van der Waals surface area contributed by atoms with Gasteiger partial charge in [-0.05, 0) is 18.2 Å². The average molecular weight is 271 g/mol. The van der Waals surface area contributed by atoms with Crippen LogP contribution in [0.5, 0.6) is 0 Å². The molecule has 0 aliphatic heterocycles. The van der Waals surface area contributed by atoms with Gasteiger partial charge in [0.05, 0.1) is 16.3 Å². The Balaban J connectivity index is 2.12. The molecule has 92 valence electrons. The number of hydrogen-bond donors (Lipinski definition) is 1. The van der Waals surface area contributed by atoms with Gasteiger partial charge in [-0.15, -0.1) is 0 Å². The molecule has 0 amide bonds. The summed E-state index contributed by atoms with van der Waals surface area (Å²) in [6.45, 7) is 0. The molecule has 0 spiro atoms. The fraction of sp³-hybridized carbons (Fsp3) is 0. The van der Waals surface area contributed by atoms with Crippen molar-refractivity contribution in [3.05, 3.63) is 41.0 Å². The third-order valence-electron chi connectivity index (χ3n) is 2.62. The number of benzene rings is 1. The van der Waals surface area contributed by atoms with E-state index >= 15 is 0 Å². The predicted molar refractivity (Wildman–Crippen MR) is 71.4 cm³/mol. The zero-order chi connectivity index (χ0) is 13.4. The molecule has 2 aromatic heterocycles. The first-order chi connectivity index (χ1) is 9.17. The van der Waals surface area contributed by atoms with Gasteiger partial charge in [0.1, 0.15) is 17.3 Å². The Hall–Kier alpha value is -2.58. The van der Waals surface area contributed by atoms with Crippen LogP contribution in [0.1, 0.15) is 5.56 Å². The van der Waals surface area contributed by atoms with Crippen LogP contribution in [0.3, 0.4) is 0 Å². The Morgan fingerprint density at radius 2 is 2.16 bits per heavy atom. The molecule has 1 aromatic carbocycles. The summed E-state index contributed by atoms with van der Waals surface area (Å²) < 4.78 is 5.57. The molecule has 0 saturated heterocycles. The van der Waals surface area contributed by atoms with Crippen LogP contribution in [0, 0.1) is 11.3 Å². The average Bonchev–Trinajstić information content (AvgIpc) is 2.82. The van der Waals surface area contributed by atoms with E-state index in [1.807, 2.05) is 6.07 Å². The van der Waals surface area contributed by atoms with E-state index in [0.29, 0.717) is 39.0 Å². The molecule has 2 N–H and O–H groups in total. The van der Waals surface area contributed by atoms with Gasteiger partial charge in [-0.1, -0.05) is 11.6 Å². The Labute approximate surface area is 113 Å². The van der Waals surface area contributed by atoms with Gasteiger partial charge in [-0.3, -0.25) is 0 Å². The normalized spacial score (nSPS) is 10.5. The molecule has 2 heterocycles. The smallest absolute Gasteiger partial charge is 0.246 e. The summed E-state index contributed by atoms with van der Waals surface area (Å²) in [7, 11) is 0. The van der Waals surface area contributed by atoms with Crippen molar-refractivity contribution in [1.82, 2.24) is 9.97 Å². The quantitative estimate of drug-likeness (QED) is 0.687. The molecule has 0 fully saturated rings. The lowest BCUT2D eigenvalue weighted by atomic mass is 10.3. The molecule has 3 aromatic rings. The number of anilines is 1. The molecule has 3 rings (SSSR count). The predicted octanol–water partition coefficient (Wildman–Crippen LogP) is 3.00. The summed E-state index contributed by atoms with van der Waals surface area (Å²) in [5.41, 5.74) is 8.32. The summed E-state index contributed by atoms with van der Waals surface area (Å²) in [4.78, 5) is 8.41. The van der Waals surface area contributed by atoms with E-state index in [9.17, 15) is 0 Å². The van der Waals surface area contributed by atoms with Crippen molar-refractivity contribution < 1.29 is 4.42 Å². The van der Waals surface area contributed by atoms with Crippen molar-refractivity contribution in [2.24, 2.45) is 0 Å². The summed E-state index contributed by atoms with van der Waals surface area (Å²) in [6, 6.07) is 8.59. The monoisotopic (exact) mass is 270 g/mol. The van der Waals surface area contributed by atoms with Gasteiger partial charge >= 0.3 is 0 Å². The Morgan fingerprint density at radius 3 is 2.84 bits per heavy atom. The zero-order valence-electron chi connectivity index (χ0n) is 9.59. The molecule has 0 bridgehead atoms. The Morgan fingerprint density at radius 1 is 1.32 bits per heavy atom. The van der Waals surface area contributed by atoms with Crippen LogP contribution in [-0.2, 0) is 0 Å². The number of hydrogen-bond acceptors (Lipinski definition) is 5. The summed E-state index contributed by atoms with van der Waals surface area (Å²) in [5.74, 6) is 0.362. The molecule has 0 saturated carbocycles. The number of oxazole rings is 1. The minimum atomic E-state index is 0.362. The third kappa shape index (κ3) is 1.98. The van der Waals surface area contributed by atoms with Gasteiger partial charge < -0.3 is 10.2 Å². The Bertz CT molecular complexity index is 763. The zero-order valence-corrected chi connectivity index (χ0v) is 10.3. The lowest BCUT2D eigenvalue weighted by molar-refractivity contribution is 0.617. The van der Waals surface area contributed by atoms with Gasteiger partial charge in [0.25, 0.3) is 0 Å². The number of nitrogens with two attached hydrogens (primary N) is 1. The van der Waals surface area contributed by atoms with E-state index in [0.717, 1.165) is 0 Å². The molecular formula is C13H7ClN4O. The number of rotatable bonds is 1. The van der Waals surface area contributed by atoms with E-state index in [1.54, 1.807) is 24.3 Å². The van der Waals surface area contributed by atoms with Gasteiger partial charge in [0, 0.05) is 12.3 Å². The van der Waals surface area contributed by atoms with Crippen LogP contribution in [0.4, 0.5) is 5.69 Å². The highest BCUT2D eigenvalue weighted by Crippen LogP contribution is 2.29. The first kappa shape index (κ1) is 11.5. The fourth-order valence-electron chi connectivity index (χ4n) is 1.66. The van der Waals surface area contributed by atoms with Gasteiger partial charge in [-0.2, -0.15) is 5.26 Å². The van der Waals surface area contributed by atoms with Crippen LogP contribution in [0.2, 0.25) is 5.02 Å². The molecule has 0 aliphatic rings. The number of nitriles is 1. The molecule has 0 aliphatic carbocycles. The second-order valence-electron chi connectivity index (χ2n) is 3.90. The topological polar surface area (TPSA) is 88.7 Å². The highest BCUT2D eigenvalue weighted by atomic mass is 35.5. The van der Waals surface area contributed by atoms with Gasteiger partial charge in [0.15, 0.2) is 5.58 Å². The van der Waals surface area contributed by atoms with Crippen molar-refractivity contribution >= 4 is 28.4 Å². The molecule has 5 nitrogen and oxygen atoms in total. The van der Waals surface area contributed by atoms with Crippen LogP contribution in [0.25, 0.3) is 22.7 Å². The first-order valence-corrected chi connectivity index (χ1v) is 5.77. The first-order valence-electron chi connectivity index (χ1n) is 5.39. The highest BCUT2D eigenvalue weighted by molar-refractivity contribution is 6.33. The van der Waals surface area contributed by atoms with Gasteiger partial charge in [-0.25, -0.2) is 9.97 Å². The summed E-state index contributed by atoms with van der Waals surface area (Å²) in [5, 5.41) is 9.15. The standard InChI is InChI=1S/C13H7ClN4O/c14-8-3-11-12(4-9(8)16)19-13(18-11)10-2-1-7(5-15)6-17-10/h1-4,6H,16H2. The molecule has 0 unspecified atom stereocenters. The minimum absolute atomic E-state index is 0.362. The van der Waals surface area contributed by atoms with Crippen LogP contribution in [0.15, 0.2) is 34.9 Å². The SMILES string of the molecule is N#Cc1ccc(-c2nc3cc(Cl)c(N)cc3o2)nc1. The number of fused-ring (bicyclic) bond motifs is 1. The maximum absolute atomic E-state index is 8.72. The van der Waals surface area contributed by atoms with Gasteiger partial charge in [0.2, 0.25) is 5.89 Å². The minimum Gasteiger partial charge on any atom is -0.435 e. The highest BCUT2D eigenvalue weighted by Gasteiger charge is 2.11. The summed E-state index contributed by atoms with van der Waals surface area (Å²) >= 11 is 5.92. The molecular weight excluding hydrogens is 264 g/mol. The van der Waals surface area contributed by atoms with Crippen molar-refractivity contribution in [3.63, 3.8) is 0 Å². The fourth-order valence-corrected chi connectivity index (χ4v) is 1.82. The number of nitrogens with zero attached hydrogens (tertiary/aromatic N) is 3. The number of pyridine rings is 1. The molecule has 19 heavy (non-hydrogen) atoms. The van der Waals surface area contributed by atoms with Crippen LogP contribution < -0.4 is 5.73 Å². The van der Waals surface area contributed by atoms with E-state index in [2.05, 4.69) is 9.97 Å². The lowest BCUT2D eigenvalue weighted by Gasteiger charge is -1.94. The van der Waals surface area contributed by atoms with Crippen LogP contribution >= 0.6 is 11.6 Å². The number of aromatic nitrogens is 2. The molecule has 0 atom stereocenters. The van der Waals surface area contributed by atoms with Crippen molar-refractivity contribution in [2.45, 2.75) is 0 Å². The van der Waals surface area contributed by atoms with Crippen LogP contribution in [-0.4, -0.2) is 9.97 Å². The molecule has 6 heteroatoms. The largest absolute Gasteiger partial charge is 0.435 e. The maximum Gasteiger partial charge on any atom is 0.246 e. The van der Waals surface area contributed by atoms with Crippen molar-refractivity contribution in [1.29, 1.82) is 5.26 Å². The summed E-state index contributed by atoms with van der Waals surface area (Å²) in [6.07, 6.45) is 1.46. The second-order valence-corrected chi connectivity index (χ2v) is 4.31. The van der Waals surface area contributed by atoms with E-state index in [-0.39, 0.29) is 0 Å². The van der Waals surface area contributed by atoms with E-state index in [4.69, 9.17) is 27.0 Å². The van der Waals surface area contributed by atoms with E-state index in [1.165, 1.54) is 6.20 Å². The van der Waals surface area contributed by atoms with E-state index < -0.39 is 0 Å². The number of nitrogen functional groups attached to an aromatic ring is 1. The maximum atomic E-state index is 8.72. The molecule has 0 radical (unpaired) electrons.